The van der Waals surface area contributed by atoms with Crippen molar-refractivity contribution in [3.05, 3.63) is 47.5 Å². The first kappa shape index (κ1) is 17.1. The maximum atomic E-state index is 13.1. The van der Waals surface area contributed by atoms with Gasteiger partial charge in [-0.15, -0.1) is 5.10 Å². The molecule has 6 nitrogen and oxygen atoms in total. The summed E-state index contributed by atoms with van der Waals surface area (Å²) in [5.74, 6) is -0.518. The third-order valence-corrected chi connectivity index (χ3v) is 3.55. The Labute approximate surface area is 135 Å². The van der Waals surface area contributed by atoms with Gasteiger partial charge in [-0.3, -0.25) is 4.79 Å². The summed E-state index contributed by atoms with van der Waals surface area (Å²) in [5, 5.41) is 10.8. The van der Waals surface area contributed by atoms with E-state index in [1.54, 1.807) is 23.0 Å². The van der Waals surface area contributed by atoms with Gasteiger partial charge in [0.25, 0.3) is 5.91 Å². The summed E-state index contributed by atoms with van der Waals surface area (Å²) in [5.41, 5.74) is 1.21. The summed E-state index contributed by atoms with van der Waals surface area (Å²) in [6.45, 7) is 3.31. The third kappa shape index (κ3) is 4.59. The second-order valence-electron chi connectivity index (χ2n) is 5.62. The molecular formula is C16H22FN5O. The number of carbonyl (C=O) groups is 1. The Morgan fingerprint density at radius 3 is 2.65 bits per heavy atom. The molecule has 124 valence electrons. The fraction of sp³-hybridized carbons (Fsp3) is 0.438. The zero-order chi connectivity index (χ0) is 16.8. The minimum Gasteiger partial charge on any atom is -0.349 e. The molecule has 1 unspecified atom stereocenters. The van der Waals surface area contributed by atoms with Crippen LogP contribution < -0.4 is 5.32 Å². The van der Waals surface area contributed by atoms with E-state index < -0.39 is 0 Å². The van der Waals surface area contributed by atoms with Crippen molar-refractivity contribution in [1.82, 2.24) is 25.2 Å². The number of nitrogens with one attached hydrogen (secondary N) is 1. The second kappa shape index (κ2) is 7.82. The Morgan fingerprint density at radius 2 is 2.04 bits per heavy atom. The fourth-order valence-electron chi connectivity index (χ4n) is 2.28. The molecule has 1 amide bonds. The molecule has 1 heterocycles. The number of carbonyl (C=O) groups excluding carboxylic acids is 1. The number of aromatic nitrogens is 3. The predicted molar refractivity (Wildman–Crippen MR) is 85.7 cm³/mol. The van der Waals surface area contributed by atoms with Crippen LogP contribution in [-0.2, 0) is 0 Å². The van der Waals surface area contributed by atoms with E-state index >= 15 is 0 Å². The molecule has 1 N–H and O–H groups in total. The fourth-order valence-corrected chi connectivity index (χ4v) is 2.28. The molecule has 2 aromatic rings. The lowest BCUT2D eigenvalue weighted by Crippen LogP contribution is -2.31. The molecule has 23 heavy (non-hydrogen) atoms. The summed E-state index contributed by atoms with van der Waals surface area (Å²) in [4.78, 5) is 14.0. The van der Waals surface area contributed by atoms with Crippen LogP contribution in [-0.4, -0.2) is 53.0 Å². The molecule has 0 spiro atoms. The molecule has 1 atom stereocenters. The van der Waals surface area contributed by atoms with E-state index in [-0.39, 0.29) is 23.5 Å². The molecule has 1 aromatic carbocycles. The molecule has 0 bridgehead atoms. The second-order valence-corrected chi connectivity index (χ2v) is 5.62. The van der Waals surface area contributed by atoms with Crippen LogP contribution in [0.5, 0.6) is 0 Å². The minimum atomic E-state index is -0.275. The van der Waals surface area contributed by atoms with Gasteiger partial charge in [0.1, 0.15) is 5.82 Å². The number of hydrogen-bond donors (Lipinski definition) is 1. The first-order valence-corrected chi connectivity index (χ1v) is 7.61. The average molecular weight is 319 g/mol. The predicted octanol–water partition coefficient (Wildman–Crippen LogP) is 1.71. The molecule has 0 radical (unpaired) electrons. The molecular weight excluding hydrogens is 297 g/mol. The Kier molecular flexibility index (Phi) is 5.81. The van der Waals surface area contributed by atoms with Crippen LogP contribution in [0.25, 0.3) is 0 Å². The number of amides is 1. The van der Waals surface area contributed by atoms with E-state index in [4.69, 9.17) is 0 Å². The number of likely N-dealkylation sites (N-methyl/N-ethyl adjacent to an activating group) is 1. The lowest BCUT2D eigenvalue weighted by Gasteiger charge is -2.15. The van der Waals surface area contributed by atoms with E-state index in [1.165, 1.54) is 12.1 Å². The van der Waals surface area contributed by atoms with Gasteiger partial charge >= 0.3 is 0 Å². The van der Waals surface area contributed by atoms with Crippen molar-refractivity contribution in [3.63, 3.8) is 0 Å². The molecule has 0 saturated carbocycles. The van der Waals surface area contributed by atoms with Crippen molar-refractivity contribution >= 4 is 5.91 Å². The van der Waals surface area contributed by atoms with Gasteiger partial charge in [-0.25, -0.2) is 9.07 Å². The number of benzene rings is 1. The largest absolute Gasteiger partial charge is 0.349 e. The van der Waals surface area contributed by atoms with E-state index in [2.05, 4.69) is 15.6 Å². The normalized spacial score (nSPS) is 12.4. The molecule has 0 aliphatic rings. The lowest BCUT2D eigenvalue weighted by molar-refractivity contribution is 0.0946. The number of halogens is 1. The number of nitrogens with zero attached hydrogens (tertiary/aromatic N) is 4. The van der Waals surface area contributed by atoms with Gasteiger partial charge in [0, 0.05) is 13.1 Å². The van der Waals surface area contributed by atoms with Crippen LogP contribution >= 0.6 is 0 Å². The Hall–Kier alpha value is -2.28. The summed E-state index contributed by atoms with van der Waals surface area (Å²) in [6.07, 6.45) is 2.39. The van der Waals surface area contributed by atoms with Crippen LogP contribution in [0, 0.1) is 5.82 Å². The third-order valence-electron chi connectivity index (χ3n) is 3.55. The van der Waals surface area contributed by atoms with Crippen LogP contribution in [0.3, 0.4) is 0 Å². The van der Waals surface area contributed by atoms with Gasteiger partial charge in [-0.1, -0.05) is 24.3 Å². The van der Waals surface area contributed by atoms with Gasteiger partial charge < -0.3 is 10.2 Å². The summed E-state index contributed by atoms with van der Waals surface area (Å²) in [6, 6.07) is 6.21. The number of hydrogen-bond acceptors (Lipinski definition) is 4. The van der Waals surface area contributed by atoms with Crippen molar-refractivity contribution in [2.75, 3.05) is 27.2 Å². The molecule has 2 rings (SSSR count). The van der Waals surface area contributed by atoms with E-state index in [0.29, 0.717) is 6.54 Å². The highest BCUT2D eigenvalue weighted by atomic mass is 19.1. The van der Waals surface area contributed by atoms with Crippen LogP contribution in [0.15, 0.2) is 30.5 Å². The molecule has 0 saturated heterocycles. The summed E-state index contributed by atoms with van der Waals surface area (Å²) >= 11 is 0. The van der Waals surface area contributed by atoms with Gasteiger partial charge in [-0.05, 0) is 38.2 Å². The van der Waals surface area contributed by atoms with Gasteiger partial charge in [0.2, 0.25) is 0 Å². The van der Waals surface area contributed by atoms with Gasteiger partial charge in [-0.2, -0.15) is 0 Å². The van der Waals surface area contributed by atoms with Crippen molar-refractivity contribution < 1.29 is 9.18 Å². The van der Waals surface area contributed by atoms with E-state index in [1.807, 2.05) is 25.9 Å². The minimum absolute atomic E-state index is 0.0774. The maximum Gasteiger partial charge on any atom is 0.273 e. The Morgan fingerprint density at radius 1 is 1.35 bits per heavy atom. The quantitative estimate of drug-likeness (QED) is 0.844. The lowest BCUT2D eigenvalue weighted by atomic mass is 10.0. The maximum absolute atomic E-state index is 13.1. The van der Waals surface area contributed by atoms with Crippen LogP contribution in [0.4, 0.5) is 4.39 Å². The standard InChI is InChI=1S/C16H22FN5O/c1-4-15(12-5-7-13(17)8-6-12)22-11-14(19-20-22)16(23)18-9-10-21(2)3/h5-8,11,15H,4,9-10H2,1-3H3,(H,18,23). The van der Waals surface area contributed by atoms with Gasteiger partial charge in [0.15, 0.2) is 5.69 Å². The van der Waals surface area contributed by atoms with Crippen LogP contribution in [0.2, 0.25) is 0 Å². The zero-order valence-electron chi connectivity index (χ0n) is 13.7. The zero-order valence-corrected chi connectivity index (χ0v) is 13.7. The smallest absolute Gasteiger partial charge is 0.273 e. The van der Waals surface area contributed by atoms with Crippen molar-refractivity contribution in [3.8, 4) is 0 Å². The highest BCUT2D eigenvalue weighted by Crippen LogP contribution is 2.21. The first-order chi connectivity index (χ1) is 11.0. The molecule has 0 aliphatic heterocycles. The topological polar surface area (TPSA) is 63.1 Å². The number of rotatable bonds is 7. The van der Waals surface area contributed by atoms with Crippen molar-refractivity contribution in [1.29, 1.82) is 0 Å². The Bertz CT molecular complexity index is 638. The molecule has 0 fully saturated rings. The molecule has 7 heteroatoms. The molecule has 1 aromatic heterocycles. The van der Waals surface area contributed by atoms with Crippen molar-refractivity contribution in [2.24, 2.45) is 0 Å². The first-order valence-electron chi connectivity index (χ1n) is 7.61. The monoisotopic (exact) mass is 319 g/mol. The van der Waals surface area contributed by atoms with E-state index in [0.717, 1.165) is 18.5 Å². The highest BCUT2D eigenvalue weighted by Gasteiger charge is 2.17. The Balaban J connectivity index is 2.07. The van der Waals surface area contributed by atoms with Crippen LogP contribution in [0.1, 0.15) is 35.4 Å². The van der Waals surface area contributed by atoms with E-state index in [9.17, 15) is 9.18 Å². The average Bonchev–Trinajstić information content (AvgIpc) is 2.99. The highest BCUT2D eigenvalue weighted by molar-refractivity contribution is 5.91. The molecule has 0 aliphatic carbocycles. The van der Waals surface area contributed by atoms with Gasteiger partial charge in [0.05, 0.1) is 12.2 Å². The SMILES string of the molecule is CCC(c1ccc(F)cc1)n1cc(C(=O)NCCN(C)C)nn1. The summed E-state index contributed by atoms with van der Waals surface area (Å²) in [7, 11) is 3.88. The summed E-state index contributed by atoms with van der Waals surface area (Å²) < 4.78 is 14.7. The van der Waals surface area contributed by atoms with Crippen molar-refractivity contribution in [2.45, 2.75) is 19.4 Å².